The van der Waals surface area contributed by atoms with Gasteiger partial charge in [-0.25, -0.2) is 4.98 Å². The number of benzene rings is 2. The molecule has 4 nitrogen and oxygen atoms in total. The molecule has 0 atom stereocenters. The van der Waals surface area contributed by atoms with Gasteiger partial charge in [-0.05, 0) is 24.3 Å². The van der Waals surface area contributed by atoms with E-state index in [-0.39, 0.29) is 5.91 Å². The zero-order valence-corrected chi connectivity index (χ0v) is 13.2. The van der Waals surface area contributed by atoms with Crippen molar-refractivity contribution < 1.29 is 4.79 Å². The Morgan fingerprint density at radius 3 is 2.61 bits per heavy atom. The third-order valence-electron chi connectivity index (χ3n) is 3.78. The molecule has 2 aromatic carbocycles. The van der Waals surface area contributed by atoms with Crippen LogP contribution < -0.4 is 5.32 Å². The minimum absolute atomic E-state index is 0.101. The average Bonchev–Trinajstić information content (AvgIpc) is 3.18. The Bertz CT molecular complexity index is 819. The summed E-state index contributed by atoms with van der Waals surface area (Å²) < 4.78 is 2.19. The number of hydrogen-bond acceptors (Lipinski definition) is 3. The van der Waals surface area contributed by atoms with Gasteiger partial charge in [0, 0.05) is 35.3 Å². The quantitative estimate of drug-likeness (QED) is 0.795. The lowest BCUT2D eigenvalue weighted by molar-refractivity contribution is 0.102. The van der Waals surface area contributed by atoms with Crippen molar-refractivity contribution in [3.63, 3.8) is 0 Å². The number of carbonyl (C=O) groups is 1. The first-order chi connectivity index (χ1) is 11.3. The van der Waals surface area contributed by atoms with Gasteiger partial charge >= 0.3 is 0 Å². The summed E-state index contributed by atoms with van der Waals surface area (Å²) in [6, 6.07) is 17.0. The Kier molecular flexibility index (Phi) is 3.63. The lowest BCUT2D eigenvalue weighted by atomic mass is 10.1. The van der Waals surface area contributed by atoms with Crippen molar-refractivity contribution in [2.45, 2.75) is 11.7 Å². The number of anilines is 1. The van der Waals surface area contributed by atoms with Crippen molar-refractivity contribution in [1.29, 1.82) is 0 Å². The fourth-order valence-electron chi connectivity index (χ4n) is 2.57. The van der Waals surface area contributed by atoms with Gasteiger partial charge in [-0.1, -0.05) is 42.1 Å². The zero-order valence-electron chi connectivity index (χ0n) is 12.4. The van der Waals surface area contributed by atoms with Crippen LogP contribution in [0.4, 0.5) is 5.69 Å². The normalized spacial score (nSPS) is 12.9. The molecule has 0 fully saturated rings. The minimum atomic E-state index is -0.101. The van der Waals surface area contributed by atoms with Crippen LogP contribution in [0.3, 0.4) is 0 Å². The van der Waals surface area contributed by atoms with E-state index in [0.717, 1.165) is 34.4 Å². The molecule has 1 aliphatic rings. The van der Waals surface area contributed by atoms with E-state index in [0.29, 0.717) is 5.56 Å². The molecule has 5 heteroatoms. The van der Waals surface area contributed by atoms with Gasteiger partial charge in [-0.3, -0.25) is 4.79 Å². The second kappa shape index (κ2) is 5.93. The van der Waals surface area contributed by atoms with E-state index in [9.17, 15) is 4.79 Å². The SMILES string of the molecule is O=C(Nc1ccc(-c2cn3c(n2)SCC3)cc1)c1ccccc1. The topological polar surface area (TPSA) is 46.9 Å². The molecule has 0 bridgehead atoms. The number of rotatable bonds is 3. The average molecular weight is 321 g/mol. The van der Waals surface area contributed by atoms with Crippen LogP contribution in [0.2, 0.25) is 0 Å². The van der Waals surface area contributed by atoms with Gasteiger partial charge in [0.1, 0.15) is 0 Å². The lowest BCUT2D eigenvalue weighted by Crippen LogP contribution is -2.11. The molecule has 0 unspecified atom stereocenters. The Morgan fingerprint density at radius 1 is 1.09 bits per heavy atom. The third kappa shape index (κ3) is 2.87. The van der Waals surface area contributed by atoms with Gasteiger partial charge in [0.15, 0.2) is 5.16 Å². The molecule has 23 heavy (non-hydrogen) atoms. The Balaban J connectivity index is 1.50. The molecule has 1 aliphatic heterocycles. The van der Waals surface area contributed by atoms with E-state index >= 15 is 0 Å². The molecule has 2 heterocycles. The standard InChI is InChI=1S/C18H15N3OS/c22-17(14-4-2-1-3-5-14)19-15-8-6-13(7-9-15)16-12-21-10-11-23-18(21)20-16/h1-9,12H,10-11H2,(H,19,22). The molecule has 0 aliphatic carbocycles. The molecule has 114 valence electrons. The van der Waals surface area contributed by atoms with Crippen molar-refractivity contribution in [3.8, 4) is 11.3 Å². The molecule has 3 aromatic rings. The third-order valence-corrected chi connectivity index (χ3v) is 4.75. The summed E-state index contributed by atoms with van der Waals surface area (Å²) in [6.07, 6.45) is 2.09. The smallest absolute Gasteiger partial charge is 0.255 e. The summed E-state index contributed by atoms with van der Waals surface area (Å²) in [6.45, 7) is 1.03. The first-order valence-corrected chi connectivity index (χ1v) is 8.45. The van der Waals surface area contributed by atoms with Gasteiger partial charge in [0.25, 0.3) is 5.91 Å². The van der Waals surface area contributed by atoms with Gasteiger partial charge < -0.3 is 9.88 Å². The summed E-state index contributed by atoms with van der Waals surface area (Å²) in [4.78, 5) is 16.8. The maximum Gasteiger partial charge on any atom is 0.255 e. The zero-order chi connectivity index (χ0) is 15.6. The summed E-state index contributed by atoms with van der Waals surface area (Å²) in [5, 5.41) is 3.99. The molecule has 1 aromatic heterocycles. The van der Waals surface area contributed by atoms with Gasteiger partial charge in [0.05, 0.1) is 5.69 Å². The second-order valence-corrected chi connectivity index (χ2v) is 6.41. The number of nitrogens with one attached hydrogen (secondary N) is 1. The molecule has 0 saturated heterocycles. The van der Waals surface area contributed by atoms with E-state index in [2.05, 4.69) is 21.1 Å². The van der Waals surface area contributed by atoms with E-state index in [1.165, 1.54) is 0 Å². The molecule has 0 spiro atoms. The van der Waals surface area contributed by atoms with Crippen molar-refractivity contribution in [1.82, 2.24) is 9.55 Å². The first kappa shape index (κ1) is 14.1. The molecular weight excluding hydrogens is 306 g/mol. The number of imidazole rings is 1. The summed E-state index contributed by atoms with van der Waals surface area (Å²) in [5.41, 5.74) is 3.47. The summed E-state index contributed by atoms with van der Waals surface area (Å²) in [5.74, 6) is 1.00. The monoisotopic (exact) mass is 321 g/mol. The maximum atomic E-state index is 12.1. The first-order valence-electron chi connectivity index (χ1n) is 7.46. The molecule has 4 rings (SSSR count). The van der Waals surface area contributed by atoms with Crippen LogP contribution in [0.15, 0.2) is 66.0 Å². The number of amides is 1. The van der Waals surface area contributed by atoms with E-state index in [1.54, 1.807) is 23.9 Å². The van der Waals surface area contributed by atoms with Crippen LogP contribution in [0.25, 0.3) is 11.3 Å². The fourth-order valence-corrected chi connectivity index (χ4v) is 3.51. The van der Waals surface area contributed by atoms with Crippen molar-refractivity contribution in [3.05, 3.63) is 66.4 Å². The molecule has 1 amide bonds. The largest absolute Gasteiger partial charge is 0.325 e. The maximum absolute atomic E-state index is 12.1. The van der Waals surface area contributed by atoms with Gasteiger partial charge in [-0.15, -0.1) is 0 Å². The van der Waals surface area contributed by atoms with Crippen LogP contribution >= 0.6 is 11.8 Å². The van der Waals surface area contributed by atoms with Crippen LogP contribution in [-0.4, -0.2) is 21.2 Å². The Labute approximate surface area is 138 Å². The summed E-state index contributed by atoms with van der Waals surface area (Å²) in [7, 11) is 0. The number of thioether (sulfide) groups is 1. The number of nitrogens with zero attached hydrogens (tertiary/aromatic N) is 2. The number of carbonyl (C=O) groups excluding carboxylic acids is 1. The highest BCUT2D eigenvalue weighted by Crippen LogP contribution is 2.29. The molecule has 0 saturated carbocycles. The number of fused-ring (bicyclic) bond motifs is 1. The van der Waals surface area contributed by atoms with Crippen molar-refractivity contribution >= 4 is 23.4 Å². The van der Waals surface area contributed by atoms with Gasteiger partial charge in [-0.2, -0.15) is 0 Å². The number of hydrogen-bond donors (Lipinski definition) is 1. The number of aromatic nitrogens is 2. The van der Waals surface area contributed by atoms with Crippen LogP contribution in [-0.2, 0) is 6.54 Å². The predicted octanol–water partition coefficient (Wildman–Crippen LogP) is 3.91. The molecular formula is C18H15N3OS. The predicted molar refractivity (Wildman–Crippen MR) is 92.8 cm³/mol. The molecule has 1 N–H and O–H groups in total. The molecule has 0 radical (unpaired) electrons. The van der Waals surface area contributed by atoms with Crippen LogP contribution in [0, 0.1) is 0 Å². The second-order valence-electron chi connectivity index (χ2n) is 5.35. The lowest BCUT2D eigenvalue weighted by Gasteiger charge is -2.06. The highest BCUT2D eigenvalue weighted by molar-refractivity contribution is 7.99. The van der Waals surface area contributed by atoms with Gasteiger partial charge in [0.2, 0.25) is 0 Å². The number of aryl methyl sites for hydroxylation is 1. The highest BCUT2D eigenvalue weighted by Gasteiger charge is 2.15. The fraction of sp³-hybridized carbons (Fsp3) is 0.111. The minimum Gasteiger partial charge on any atom is -0.325 e. The van der Waals surface area contributed by atoms with E-state index in [4.69, 9.17) is 0 Å². The van der Waals surface area contributed by atoms with E-state index < -0.39 is 0 Å². The Hall–Kier alpha value is -2.53. The van der Waals surface area contributed by atoms with Crippen molar-refractivity contribution in [2.24, 2.45) is 0 Å². The van der Waals surface area contributed by atoms with Crippen LogP contribution in [0.5, 0.6) is 0 Å². The highest BCUT2D eigenvalue weighted by atomic mass is 32.2. The van der Waals surface area contributed by atoms with E-state index in [1.807, 2.05) is 42.5 Å². The summed E-state index contributed by atoms with van der Waals surface area (Å²) >= 11 is 1.79. The van der Waals surface area contributed by atoms with Crippen molar-refractivity contribution in [2.75, 3.05) is 11.1 Å². The Morgan fingerprint density at radius 2 is 1.87 bits per heavy atom. The van der Waals surface area contributed by atoms with Crippen LogP contribution in [0.1, 0.15) is 10.4 Å².